The number of hydrogen-bond donors (Lipinski definition) is 2. The lowest BCUT2D eigenvalue weighted by atomic mass is 10.1. The van der Waals surface area contributed by atoms with Crippen LogP contribution < -0.4 is 0 Å². The lowest BCUT2D eigenvalue weighted by molar-refractivity contribution is -0.161. The van der Waals surface area contributed by atoms with E-state index in [1.54, 1.807) is 0 Å². The molecule has 0 radical (unpaired) electrons. The van der Waals surface area contributed by atoms with Gasteiger partial charge in [-0.1, -0.05) is 224 Å². The van der Waals surface area contributed by atoms with Crippen molar-refractivity contribution in [3.63, 3.8) is 0 Å². The summed E-state index contributed by atoms with van der Waals surface area (Å²) in [5.74, 6) is -1.66. The standard InChI is InChI=1S/C68H107O11P/c1-4-7-10-13-16-19-22-25-28-31-32-35-36-39-42-45-48-51-54-57-66(70)75-61-65(79-68(72)59-56-53-50-47-44-41-38-34-30-27-24-21-18-15-12-9-6-3)63-77-80(73,74)76-62-64(60-69)78-67(71)58-55-52-49-46-43-40-37-33-29-26-23-20-17-14-11-8-5-2/h7,9-10,12,16-21,25-30,32,35,38-39,41-42,47-48,50-51,64-65,69H,4-6,8,11,13-15,22-24,31,33-34,36-37,40,43-46,49,52-63H2,1-3H3,(H,73,74)/b10-7-,12-9-,19-16-,20-17-,21-18-,28-25-,29-26-,30-27-,35-32-,41-38-,42-39-,50-47-,51-48-. The van der Waals surface area contributed by atoms with Crippen LogP contribution in [0, 0.1) is 0 Å². The van der Waals surface area contributed by atoms with Gasteiger partial charge in [0.2, 0.25) is 0 Å². The molecule has 0 rings (SSSR count). The van der Waals surface area contributed by atoms with E-state index in [4.69, 9.17) is 23.3 Å². The fourth-order valence-electron chi connectivity index (χ4n) is 7.39. The van der Waals surface area contributed by atoms with Crippen LogP contribution in [0.5, 0.6) is 0 Å². The van der Waals surface area contributed by atoms with Crippen LogP contribution in [0.25, 0.3) is 0 Å². The number of phosphoric ester groups is 1. The molecule has 0 heterocycles. The summed E-state index contributed by atoms with van der Waals surface area (Å²) in [5, 5.41) is 9.84. The summed E-state index contributed by atoms with van der Waals surface area (Å²) >= 11 is 0. The number of carbonyl (C=O) groups excluding carboxylic acids is 3. The highest BCUT2D eigenvalue weighted by molar-refractivity contribution is 7.47. The minimum absolute atomic E-state index is 0.0637. The molecule has 3 unspecified atom stereocenters. The molecule has 0 amide bonds. The number of carbonyl (C=O) groups is 3. The number of phosphoric acid groups is 1. The van der Waals surface area contributed by atoms with Crippen LogP contribution in [0.15, 0.2) is 158 Å². The maximum atomic E-state index is 12.9. The number of aliphatic hydroxyl groups is 1. The summed E-state index contributed by atoms with van der Waals surface area (Å²) in [6.45, 7) is 4.22. The number of allylic oxidation sites excluding steroid dienone is 26. The molecule has 0 aromatic rings. The molecule has 11 nitrogen and oxygen atoms in total. The highest BCUT2D eigenvalue weighted by Crippen LogP contribution is 2.43. The number of unbranched alkanes of at least 4 members (excludes halogenated alkanes) is 11. The van der Waals surface area contributed by atoms with Crippen molar-refractivity contribution in [2.24, 2.45) is 0 Å². The monoisotopic (exact) mass is 1130 g/mol. The van der Waals surface area contributed by atoms with E-state index in [-0.39, 0.29) is 19.3 Å². The molecule has 0 bridgehead atoms. The molecule has 450 valence electrons. The Balaban J connectivity index is 4.92. The molecule has 0 fully saturated rings. The van der Waals surface area contributed by atoms with Gasteiger partial charge in [0.1, 0.15) is 12.7 Å². The highest BCUT2D eigenvalue weighted by atomic mass is 31.2. The molecule has 12 heteroatoms. The molecular formula is C68H107O11P. The number of hydrogen-bond acceptors (Lipinski definition) is 10. The highest BCUT2D eigenvalue weighted by Gasteiger charge is 2.28. The number of rotatable bonds is 54. The van der Waals surface area contributed by atoms with Crippen LogP contribution in [-0.4, -0.2) is 66.5 Å². The summed E-state index contributed by atoms with van der Waals surface area (Å²) < 4.78 is 39.4. The van der Waals surface area contributed by atoms with Crippen molar-refractivity contribution in [1.82, 2.24) is 0 Å². The molecule has 0 aromatic carbocycles. The maximum absolute atomic E-state index is 12.9. The molecule has 0 aliphatic heterocycles. The van der Waals surface area contributed by atoms with Gasteiger partial charge < -0.3 is 24.2 Å². The van der Waals surface area contributed by atoms with Crippen molar-refractivity contribution < 1.29 is 52.2 Å². The quantitative estimate of drug-likeness (QED) is 0.0197. The van der Waals surface area contributed by atoms with E-state index in [2.05, 4.69) is 154 Å². The Morgan fingerprint density at radius 3 is 1.10 bits per heavy atom. The molecule has 2 N–H and O–H groups in total. The predicted molar refractivity (Wildman–Crippen MR) is 334 cm³/mol. The van der Waals surface area contributed by atoms with Crippen molar-refractivity contribution in [3.8, 4) is 0 Å². The SMILES string of the molecule is CC/C=C\C/C=C\C/C=C\C/C=C\C/C=C\C/C=C\CCC(=O)OCC(COP(=O)(O)OCC(CO)OC(=O)CCCCCCCCC/C=C\C/C=C\CCCCC)OC(=O)CCC/C=C\C/C=C\C/C=C\C/C=C\C/C=C\CC. The second-order valence-corrected chi connectivity index (χ2v) is 20.8. The van der Waals surface area contributed by atoms with Gasteiger partial charge in [-0.3, -0.25) is 23.4 Å². The molecule has 3 atom stereocenters. The molecule has 0 saturated heterocycles. The topological polar surface area (TPSA) is 155 Å². The maximum Gasteiger partial charge on any atom is 0.472 e. The molecule has 0 spiro atoms. The van der Waals surface area contributed by atoms with Crippen LogP contribution in [0.2, 0.25) is 0 Å². The van der Waals surface area contributed by atoms with Gasteiger partial charge in [0.25, 0.3) is 0 Å². The molecular weight excluding hydrogens is 1020 g/mol. The Kier molecular flexibility index (Phi) is 56.5. The summed E-state index contributed by atoms with van der Waals surface area (Å²) in [6.07, 6.45) is 79.3. The van der Waals surface area contributed by atoms with Crippen LogP contribution in [0.3, 0.4) is 0 Å². The van der Waals surface area contributed by atoms with Gasteiger partial charge in [-0.2, -0.15) is 0 Å². The lowest BCUT2D eigenvalue weighted by Crippen LogP contribution is -2.30. The summed E-state index contributed by atoms with van der Waals surface area (Å²) in [5.41, 5.74) is 0. The minimum Gasteiger partial charge on any atom is -0.462 e. The molecule has 0 saturated carbocycles. The molecule has 0 aromatic heterocycles. The van der Waals surface area contributed by atoms with Crippen molar-refractivity contribution in [3.05, 3.63) is 158 Å². The van der Waals surface area contributed by atoms with E-state index in [0.29, 0.717) is 25.7 Å². The second-order valence-electron chi connectivity index (χ2n) is 19.4. The van der Waals surface area contributed by atoms with Gasteiger partial charge >= 0.3 is 25.7 Å². The first kappa shape index (κ1) is 75.1. The summed E-state index contributed by atoms with van der Waals surface area (Å²) in [6, 6.07) is 0. The third-order valence-corrected chi connectivity index (χ3v) is 12.9. The zero-order chi connectivity index (χ0) is 58.3. The average molecular weight is 1130 g/mol. The number of esters is 3. The van der Waals surface area contributed by atoms with Gasteiger partial charge in [-0.15, -0.1) is 0 Å². The molecule has 80 heavy (non-hydrogen) atoms. The zero-order valence-corrected chi connectivity index (χ0v) is 50.6. The van der Waals surface area contributed by atoms with Crippen molar-refractivity contribution in [2.45, 2.75) is 226 Å². The Hall–Kier alpha value is -4.90. The van der Waals surface area contributed by atoms with Crippen molar-refractivity contribution >= 4 is 25.7 Å². The van der Waals surface area contributed by atoms with Crippen LogP contribution in [0.1, 0.15) is 213 Å². The zero-order valence-electron chi connectivity index (χ0n) is 49.7. The lowest BCUT2D eigenvalue weighted by Gasteiger charge is -2.21. The smallest absolute Gasteiger partial charge is 0.462 e. The molecule has 0 aliphatic carbocycles. The first-order valence-corrected chi connectivity index (χ1v) is 31.9. The van der Waals surface area contributed by atoms with E-state index in [0.717, 1.165) is 109 Å². The normalized spacial score (nSPS) is 14.4. The Morgan fingerprint density at radius 1 is 0.362 bits per heavy atom. The first-order valence-electron chi connectivity index (χ1n) is 30.4. The van der Waals surface area contributed by atoms with E-state index >= 15 is 0 Å². The van der Waals surface area contributed by atoms with E-state index in [9.17, 15) is 28.9 Å². The third-order valence-electron chi connectivity index (χ3n) is 11.9. The van der Waals surface area contributed by atoms with Crippen LogP contribution in [0.4, 0.5) is 0 Å². The van der Waals surface area contributed by atoms with Gasteiger partial charge in [0.05, 0.1) is 19.8 Å². The van der Waals surface area contributed by atoms with E-state index < -0.39 is 64.4 Å². The number of aliphatic hydroxyl groups excluding tert-OH is 1. The van der Waals surface area contributed by atoms with Gasteiger partial charge in [0.15, 0.2) is 6.10 Å². The fraction of sp³-hybridized carbons (Fsp3) is 0.574. The van der Waals surface area contributed by atoms with E-state index in [1.807, 2.05) is 24.3 Å². The summed E-state index contributed by atoms with van der Waals surface area (Å²) in [4.78, 5) is 48.6. The summed E-state index contributed by atoms with van der Waals surface area (Å²) in [7, 11) is -4.80. The Morgan fingerprint density at radius 2 is 0.688 bits per heavy atom. The van der Waals surface area contributed by atoms with Crippen LogP contribution >= 0.6 is 7.82 Å². The third kappa shape index (κ3) is 57.8. The molecule has 0 aliphatic rings. The Labute approximate surface area is 485 Å². The first-order chi connectivity index (χ1) is 39.2. The van der Waals surface area contributed by atoms with Gasteiger partial charge in [-0.05, 0) is 128 Å². The fourth-order valence-corrected chi connectivity index (χ4v) is 8.17. The number of ether oxygens (including phenoxy) is 3. The largest absolute Gasteiger partial charge is 0.472 e. The Bertz CT molecular complexity index is 1950. The van der Waals surface area contributed by atoms with Crippen molar-refractivity contribution in [1.29, 1.82) is 0 Å². The minimum atomic E-state index is -4.80. The van der Waals surface area contributed by atoms with Gasteiger partial charge in [0, 0.05) is 19.3 Å². The average Bonchev–Trinajstić information content (AvgIpc) is 3.45. The second kappa shape index (κ2) is 60.2. The van der Waals surface area contributed by atoms with Gasteiger partial charge in [-0.25, -0.2) is 4.57 Å². The van der Waals surface area contributed by atoms with E-state index in [1.165, 1.54) is 38.5 Å². The predicted octanol–water partition coefficient (Wildman–Crippen LogP) is 18.5. The van der Waals surface area contributed by atoms with Crippen LogP contribution in [-0.2, 0) is 42.2 Å². The van der Waals surface area contributed by atoms with Crippen molar-refractivity contribution in [2.75, 3.05) is 26.4 Å².